The van der Waals surface area contributed by atoms with Crippen LogP contribution < -0.4 is 10.5 Å². The van der Waals surface area contributed by atoms with Crippen LogP contribution in [-0.2, 0) is 4.74 Å². The topological polar surface area (TPSA) is 76.0 Å². The molecule has 0 amide bonds. The van der Waals surface area contributed by atoms with E-state index in [1.165, 1.54) is 0 Å². The van der Waals surface area contributed by atoms with Gasteiger partial charge in [0.25, 0.3) is 5.56 Å². The van der Waals surface area contributed by atoms with Crippen molar-refractivity contribution in [1.82, 2.24) is 19.5 Å². The molecule has 3 heterocycles. The minimum Gasteiger partial charge on any atom is -0.378 e. The van der Waals surface area contributed by atoms with Gasteiger partial charge in [0.2, 0.25) is 5.95 Å². The summed E-state index contributed by atoms with van der Waals surface area (Å²) in [6.45, 7) is 4.47. The van der Waals surface area contributed by atoms with Gasteiger partial charge in [-0.1, -0.05) is 29.9 Å². The van der Waals surface area contributed by atoms with E-state index in [1.807, 2.05) is 24.0 Å². The van der Waals surface area contributed by atoms with E-state index in [0.717, 1.165) is 11.3 Å². The summed E-state index contributed by atoms with van der Waals surface area (Å²) in [5, 5.41) is 0.912. The number of aryl methyl sites for hydroxylation is 1. The normalized spacial score (nSPS) is 14.8. The molecule has 0 aliphatic carbocycles. The van der Waals surface area contributed by atoms with Crippen LogP contribution in [0, 0.1) is 11.6 Å². The van der Waals surface area contributed by atoms with Gasteiger partial charge in [-0.2, -0.15) is 4.98 Å². The van der Waals surface area contributed by atoms with E-state index in [9.17, 15) is 4.79 Å². The predicted molar refractivity (Wildman–Crippen MR) is 103 cm³/mol. The number of benzene rings is 1. The van der Waals surface area contributed by atoms with Gasteiger partial charge in [-0.25, -0.2) is 4.98 Å². The summed E-state index contributed by atoms with van der Waals surface area (Å²) < 4.78 is 7.34. The molecule has 1 aliphatic rings. The van der Waals surface area contributed by atoms with Crippen molar-refractivity contribution >= 4 is 40.8 Å². The third-order valence-corrected chi connectivity index (χ3v) is 5.17. The van der Waals surface area contributed by atoms with Crippen LogP contribution in [0.5, 0.6) is 0 Å². The first-order valence-electron chi connectivity index (χ1n) is 8.15. The molecule has 0 bridgehead atoms. The number of nitrogens with one attached hydrogen (secondary N) is 1. The Kier molecular flexibility index (Phi) is 4.47. The van der Waals surface area contributed by atoms with Crippen LogP contribution >= 0.6 is 23.8 Å². The van der Waals surface area contributed by atoms with Crippen LogP contribution in [-0.4, -0.2) is 45.8 Å². The van der Waals surface area contributed by atoms with Gasteiger partial charge in [0.15, 0.2) is 5.65 Å². The molecule has 0 saturated carbocycles. The largest absolute Gasteiger partial charge is 0.378 e. The lowest BCUT2D eigenvalue weighted by Crippen LogP contribution is -2.38. The zero-order valence-electron chi connectivity index (χ0n) is 14.0. The van der Waals surface area contributed by atoms with E-state index in [2.05, 4.69) is 15.0 Å². The summed E-state index contributed by atoms with van der Waals surface area (Å²) in [5.74, 6) is 0.490. The Labute approximate surface area is 159 Å². The zero-order chi connectivity index (χ0) is 18.3. The van der Waals surface area contributed by atoms with Gasteiger partial charge in [0, 0.05) is 23.8 Å². The van der Waals surface area contributed by atoms with Gasteiger partial charge >= 0.3 is 0 Å². The van der Waals surface area contributed by atoms with E-state index in [0.29, 0.717) is 47.6 Å². The monoisotopic (exact) mass is 389 g/mol. The van der Waals surface area contributed by atoms with E-state index >= 15 is 0 Å². The number of aromatic nitrogens is 4. The summed E-state index contributed by atoms with van der Waals surface area (Å²) in [4.78, 5) is 26.3. The van der Waals surface area contributed by atoms with Crippen molar-refractivity contribution in [2.24, 2.45) is 0 Å². The molecular formula is C17H16ClN5O2S. The van der Waals surface area contributed by atoms with Gasteiger partial charge in [-0.15, -0.1) is 0 Å². The summed E-state index contributed by atoms with van der Waals surface area (Å²) in [7, 11) is 0. The number of hydrogen-bond acceptors (Lipinski definition) is 6. The fraction of sp³-hybridized carbons (Fsp3) is 0.294. The van der Waals surface area contributed by atoms with Gasteiger partial charge in [-0.3, -0.25) is 14.3 Å². The third kappa shape index (κ3) is 3.00. The Morgan fingerprint density at radius 1 is 1.31 bits per heavy atom. The number of aromatic amines is 1. The average molecular weight is 390 g/mol. The number of hydrogen-bond donors (Lipinski definition) is 1. The molecule has 1 aliphatic heterocycles. The SMILES string of the molecule is Cc1ccc(-n2cnc3nc(N4CCOCC4)[nH]c(=O)c3c2=S)cc1Cl. The van der Waals surface area contributed by atoms with Crippen molar-refractivity contribution in [3.8, 4) is 5.69 Å². The van der Waals surface area contributed by atoms with Crippen molar-refractivity contribution in [2.45, 2.75) is 6.92 Å². The third-order valence-electron chi connectivity index (χ3n) is 4.36. The maximum Gasteiger partial charge on any atom is 0.264 e. The Bertz CT molecular complexity index is 1100. The number of H-pyrrole nitrogens is 1. The number of morpholine rings is 1. The van der Waals surface area contributed by atoms with E-state index in [4.69, 9.17) is 28.6 Å². The highest BCUT2D eigenvalue weighted by Gasteiger charge is 2.16. The van der Waals surface area contributed by atoms with Gasteiger partial charge in [0.05, 0.1) is 13.2 Å². The lowest BCUT2D eigenvalue weighted by atomic mass is 10.2. The van der Waals surface area contributed by atoms with Gasteiger partial charge in [-0.05, 0) is 24.6 Å². The van der Waals surface area contributed by atoms with Crippen LogP contribution in [0.15, 0.2) is 29.3 Å². The Balaban J connectivity index is 1.85. The predicted octanol–water partition coefficient (Wildman–Crippen LogP) is 2.64. The van der Waals surface area contributed by atoms with Gasteiger partial charge in [0.1, 0.15) is 16.4 Å². The Hall–Kier alpha value is -2.29. The number of rotatable bonds is 2. The molecule has 26 heavy (non-hydrogen) atoms. The van der Waals surface area contributed by atoms with E-state index in [1.54, 1.807) is 17.0 Å². The highest BCUT2D eigenvalue weighted by Crippen LogP contribution is 2.21. The number of ether oxygens (including phenoxy) is 1. The first-order chi connectivity index (χ1) is 12.5. The summed E-state index contributed by atoms with van der Waals surface area (Å²) in [5.41, 5.74) is 1.73. The van der Waals surface area contributed by atoms with E-state index < -0.39 is 0 Å². The molecular weight excluding hydrogens is 374 g/mol. The molecule has 0 unspecified atom stereocenters. The Morgan fingerprint density at radius 3 is 2.81 bits per heavy atom. The fourth-order valence-corrected chi connectivity index (χ4v) is 3.37. The van der Waals surface area contributed by atoms with Crippen molar-refractivity contribution in [2.75, 3.05) is 31.2 Å². The summed E-state index contributed by atoms with van der Waals surface area (Å²) >= 11 is 11.7. The van der Waals surface area contributed by atoms with Gasteiger partial charge < -0.3 is 9.64 Å². The molecule has 0 radical (unpaired) electrons. The lowest BCUT2D eigenvalue weighted by molar-refractivity contribution is 0.122. The highest BCUT2D eigenvalue weighted by molar-refractivity contribution is 7.71. The lowest BCUT2D eigenvalue weighted by Gasteiger charge is -2.27. The van der Waals surface area contributed by atoms with Crippen LogP contribution in [0.2, 0.25) is 5.02 Å². The van der Waals surface area contributed by atoms with Crippen molar-refractivity contribution < 1.29 is 4.74 Å². The van der Waals surface area contributed by atoms with Crippen LogP contribution in [0.3, 0.4) is 0 Å². The zero-order valence-corrected chi connectivity index (χ0v) is 15.6. The van der Waals surface area contributed by atoms with Crippen LogP contribution in [0.25, 0.3) is 16.7 Å². The molecule has 2 aromatic heterocycles. The average Bonchev–Trinajstić information content (AvgIpc) is 2.65. The first kappa shape index (κ1) is 17.1. The van der Waals surface area contributed by atoms with Crippen molar-refractivity contribution in [3.63, 3.8) is 0 Å². The van der Waals surface area contributed by atoms with Crippen molar-refractivity contribution in [3.05, 3.63) is 50.1 Å². The molecule has 134 valence electrons. The second-order valence-electron chi connectivity index (χ2n) is 6.04. The quantitative estimate of drug-likeness (QED) is 0.679. The molecule has 1 fully saturated rings. The number of fused-ring (bicyclic) bond motifs is 1. The fourth-order valence-electron chi connectivity index (χ4n) is 2.86. The molecule has 1 N–H and O–H groups in total. The minimum atomic E-state index is -0.304. The molecule has 1 aromatic carbocycles. The highest BCUT2D eigenvalue weighted by atomic mass is 35.5. The molecule has 1 saturated heterocycles. The standard InChI is InChI=1S/C17H16ClN5O2S/c1-10-2-3-11(8-12(10)18)23-9-19-14-13(16(23)26)15(24)21-17(20-14)22-4-6-25-7-5-22/h2-3,8-9H,4-7H2,1H3,(H,20,21,24). The van der Waals surface area contributed by atoms with Crippen molar-refractivity contribution in [1.29, 1.82) is 0 Å². The number of anilines is 1. The second-order valence-corrected chi connectivity index (χ2v) is 6.83. The number of halogens is 1. The summed E-state index contributed by atoms with van der Waals surface area (Å²) in [6.07, 6.45) is 1.57. The molecule has 7 nitrogen and oxygen atoms in total. The Morgan fingerprint density at radius 2 is 2.08 bits per heavy atom. The smallest absolute Gasteiger partial charge is 0.264 e. The molecule has 3 aromatic rings. The molecule has 9 heteroatoms. The molecule has 4 rings (SSSR count). The second kappa shape index (κ2) is 6.79. The first-order valence-corrected chi connectivity index (χ1v) is 8.94. The summed E-state index contributed by atoms with van der Waals surface area (Å²) in [6, 6.07) is 5.58. The number of nitrogens with zero attached hydrogens (tertiary/aromatic N) is 4. The molecule has 0 spiro atoms. The van der Waals surface area contributed by atoms with Crippen LogP contribution in [0.1, 0.15) is 5.56 Å². The van der Waals surface area contributed by atoms with Crippen LogP contribution in [0.4, 0.5) is 5.95 Å². The molecule has 0 atom stereocenters. The van der Waals surface area contributed by atoms with E-state index in [-0.39, 0.29) is 10.9 Å². The maximum absolute atomic E-state index is 12.7. The maximum atomic E-state index is 12.7. The minimum absolute atomic E-state index is 0.288.